The van der Waals surface area contributed by atoms with Gasteiger partial charge in [0.2, 0.25) is 0 Å². The van der Waals surface area contributed by atoms with Gasteiger partial charge in [0, 0.05) is 5.56 Å². The van der Waals surface area contributed by atoms with Crippen LogP contribution in [0.2, 0.25) is 0 Å². The topological polar surface area (TPSA) is 40.5 Å². The molecule has 0 spiro atoms. The molecule has 0 heterocycles. The predicted octanol–water partition coefficient (Wildman–Crippen LogP) is 4.70. The average molecular weight is 320 g/mol. The fraction of sp³-hybridized carbons (Fsp3) is 0.455. The van der Waals surface area contributed by atoms with Crippen molar-refractivity contribution in [3.8, 4) is 16.9 Å². The highest BCUT2D eigenvalue weighted by molar-refractivity contribution is 5.70. The van der Waals surface area contributed by atoms with Crippen LogP contribution >= 0.6 is 0 Å². The number of phenolic OH excluding ortho intramolecular Hbond substituents is 1. The van der Waals surface area contributed by atoms with E-state index in [-0.39, 0.29) is 0 Å². The van der Waals surface area contributed by atoms with Crippen molar-refractivity contribution in [2.45, 2.75) is 37.7 Å². The summed E-state index contributed by atoms with van der Waals surface area (Å²) >= 11 is 0. The largest absolute Gasteiger partial charge is 0.507 e. The van der Waals surface area contributed by atoms with Crippen molar-refractivity contribution < 1.29 is 10.2 Å². The molecule has 4 saturated carbocycles. The summed E-state index contributed by atoms with van der Waals surface area (Å²) in [6.45, 7) is 0. The first-order valence-corrected chi connectivity index (χ1v) is 9.26. The third kappa shape index (κ3) is 1.99. The SMILES string of the molecule is Oc1ccccc1-c1cccc(C2(O)C3CC4CC(C3)CC2C4)c1. The van der Waals surface area contributed by atoms with Gasteiger partial charge in [-0.2, -0.15) is 0 Å². The first-order chi connectivity index (χ1) is 11.6. The van der Waals surface area contributed by atoms with Gasteiger partial charge in [-0.05, 0) is 79.0 Å². The summed E-state index contributed by atoms with van der Waals surface area (Å²) in [5.74, 6) is 2.80. The number of benzene rings is 2. The van der Waals surface area contributed by atoms with E-state index in [4.69, 9.17) is 0 Å². The molecule has 0 aliphatic heterocycles. The summed E-state index contributed by atoms with van der Waals surface area (Å²) in [6.07, 6.45) is 6.13. The molecule has 2 aromatic carbocycles. The lowest BCUT2D eigenvalue weighted by Gasteiger charge is -2.59. The molecule has 0 radical (unpaired) electrons. The molecule has 4 bridgehead atoms. The minimum absolute atomic E-state index is 0.298. The third-order valence-electron chi connectivity index (χ3n) is 6.92. The van der Waals surface area contributed by atoms with Crippen LogP contribution in [0.15, 0.2) is 48.5 Å². The molecule has 2 heteroatoms. The van der Waals surface area contributed by atoms with Crippen LogP contribution in [-0.2, 0) is 5.60 Å². The van der Waals surface area contributed by atoms with Gasteiger partial charge in [-0.15, -0.1) is 0 Å². The molecule has 0 amide bonds. The van der Waals surface area contributed by atoms with Gasteiger partial charge in [-0.25, -0.2) is 0 Å². The van der Waals surface area contributed by atoms with Gasteiger partial charge in [0.1, 0.15) is 5.75 Å². The highest BCUT2D eigenvalue weighted by Gasteiger charge is 2.57. The van der Waals surface area contributed by atoms with Crippen molar-refractivity contribution in [1.29, 1.82) is 0 Å². The Morgan fingerprint density at radius 1 is 0.792 bits per heavy atom. The van der Waals surface area contributed by atoms with Crippen molar-refractivity contribution >= 4 is 0 Å². The number of phenols is 1. The fourth-order valence-electron chi connectivity index (χ4n) is 6.03. The molecule has 4 aliphatic rings. The van der Waals surface area contributed by atoms with E-state index in [0.29, 0.717) is 17.6 Å². The van der Waals surface area contributed by atoms with Crippen molar-refractivity contribution in [2.24, 2.45) is 23.7 Å². The highest BCUT2D eigenvalue weighted by Crippen LogP contribution is 2.61. The molecule has 6 rings (SSSR count). The van der Waals surface area contributed by atoms with Gasteiger partial charge in [0.25, 0.3) is 0 Å². The van der Waals surface area contributed by atoms with E-state index in [1.807, 2.05) is 30.3 Å². The first kappa shape index (κ1) is 14.5. The van der Waals surface area contributed by atoms with E-state index in [2.05, 4.69) is 12.1 Å². The zero-order valence-electron chi connectivity index (χ0n) is 13.9. The number of aromatic hydroxyl groups is 1. The predicted molar refractivity (Wildman–Crippen MR) is 94.5 cm³/mol. The summed E-state index contributed by atoms with van der Waals surface area (Å²) in [6, 6.07) is 15.7. The van der Waals surface area contributed by atoms with E-state index in [9.17, 15) is 10.2 Å². The molecule has 0 saturated heterocycles. The molecule has 124 valence electrons. The maximum atomic E-state index is 11.7. The Labute approximate surface area is 143 Å². The molecule has 24 heavy (non-hydrogen) atoms. The lowest BCUT2D eigenvalue weighted by atomic mass is 9.48. The quantitative estimate of drug-likeness (QED) is 0.842. The standard InChI is InChI=1S/C22H24O2/c23-21-7-2-1-6-20(21)16-4-3-5-17(13-16)22(24)18-9-14-8-15(11-18)12-19(22)10-14/h1-7,13-15,18-19,23-24H,8-12H2. The summed E-state index contributed by atoms with van der Waals surface area (Å²) in [5, 5.41) is 21.9. The van der Waals surface area contributed by atoms with Crippen molar-refractivity contribution in [1.82, 2.24) is 0 Å². The zero-order chi connectivity index (χ0) is 16.3. The van der Waals surface area contributed by atoms with Crippen molar-refractivity contribution in [2.75, 3.05) is 0 Å². The summed E-state index contributed by atoms with van der Waals surface area (Å²) in [4.78, 5) is 0. The van der Waals surface area contributed by atoms with Crippen LogP contribution in [0.3, 0.4) is 0 Å². The number of rotatable bonds is 2. The second-order valence-electron chi connectivity index (χ2n) is 8.23. The molecule has 2 N–H and O–H groups in total. The Balaban J connectivity index is 1.58. The molecular formula is C22H24O2. The molecule has 0 aromatic heterocycles. The fourth-order valence-corrected chi connectivity index (χ4v) is 6.03. The lowest BCUT2D eigenvalue weighted by molar-refractivity contribution is -0.179. The van der Waals surface area contributed by atoms with Crippen LogP contribution in [-0.4, -0.2) is 10.2 Å². The molecule has 2 aromatic rings. The minimum Gasteiger partial charge on any atom is -0.507 e. The number of hydrogen-bond donors (Lipinski definition) is 2. The molecule has 2 nitrogen and oxygen atoms in total. The summed E-state index contributed by atoms with van der Waals surface area (Å²) in [7, 11) is 0. The van der Waals surface area contributed by atoms with E-state index in [0.717, 1.165) is 28.5 Å². The first-order valence-electron chi connectivity index (χ1n) is 9.26. The maximum Gasteiger partial charge on any atom is 0.123 e. The zero-order valence-corrected chi connectivity index (χ0v) is 13.9. The Kier molecular flexibility index (Phi) is 3.09. The highest BCUT2D eigenvalue weighted by atomic mass is 16.3. The summed E-state index contributed by atoms with van der Waals surface area (Å²) in [5.41, 5.74) is 2.21. The van der Waals surface area contributed by atoms with Crippen LogP contribution in [0.1, 0.15) is 37.7 Å². The Hall–Kier alpha value is -1.80. The Morgan fingerprint density at radius 3 is 2.12 bits per heavy atom. The van der Waals surface area contributed by atoms with Gasteiger partial charge in [-0.3, -0.25) is 0 Å². The van der Waals surface area contributed by atoms with Gasteiger partial charge in [0.15, 0.2) is 0 Å². The second-order valence-corrected chi connectivity index (χ2v) is 8.23. The van der Waals surface area contributed by atoms with Gasteiger partial charge >= 0.3 is 0 Å². The number of para-hydroxylation sites is 1. The lowest BCUT2D eigenvalue weighted by Crippen LogP contribution is -2.55. The molecule has 4 fully saturated rings. The van der Waals surface area contributed by atoms with E-state index >= 15 is 0 Å². The third-order valence-corrected chi connectivity index (χ3v) is 6.92. The van der Waals surface area contributed by atoms with Crippen LogP contribution in [0.5, 0.6) is 5.75 Å². The molecule has 4 aliphatic carbocycles. The molecular weight excluding hydrogens is 296 g/mol. The maximum absolute atomic E-state index is 11.7. The van der Waals surface area contributed by atoms with Gasteiger partial charge < -0.3 is 10.2 Å². The number of aliphatic hydroxyl groups is 1. The smallest absolute Gasteiger partial charge is 0.123 e. The van der Waals surface area contributed by atoms with Crippen molar-refractivity contribution in [3.63, 3.8) is 0 Å². The Bertz CT molecular complexity index is 751. The normalized spacial score (nSPS) is 36.9. The van der Waals surface area contributed by atoms with Gasteiger partial charge in [0.05, 0.1) is 5.60 Å². The van der Waals surface area contributed by atoms with Crippen molar-refractivity contribution in [3.05, 3.63) is 54.1 Å². The number of hydrogen-bond acceptors (Lipinski definition) is 2. The van der Waals surface area contributed by atoms with Crippen LogP contribution in [0.4, 0.5) is 0 Å². The molecule has 0 unspecified atom stereocenters. The Morgan fingerprint density at radius 2 is 1.46 bits per heavy atom. The average Bonchev–Trinajstić information content (AvgIpc) is 2.59. The van der Waals surface area contributed by atoms with E-state index in [1.165, 1.54) is 32.1 Å². The van der Waals surface area contributed by atoms with E-state index < -0.39 is 5.60 Å². The minimum atomic E-state index is -0.673. The van der Waals surface area contributed by atoms with Crippen LogP contribution in [0, 0.1) is 23.7 Å². The van der Waals surface area contributed by atoms with Crippen LogP contribution < -0.4 is 0 Å². The summed E-state index contributed by atoms with van der Waals surface area (Å²) < 4.78 is 0. The molecule has 0 atom stereocenters. The van der Waals surface area contributed by atoms with Gasteiger partial charge in [-0.1, -0.05) is 36.4 Å². The second kappa shape index (κ2) is 5.10. The monoisotopic (exact) mass is 320 g/mol. The van der Waals surface area contributed by atoms with E-state index in [1.54, 1.807) is 6.07 Å². The van der Waals surface area contributed by atoms with Crippen LogP contribution in [0.25, 0.3) is 11.1 Å².